The van der Waals surface area contributed by atoms with E-state index in [2.05, 4.69) is 12.6 Å². The SMILES string of the molecule is C=CC[n+]1c[c]ccc1. The van der Waals surface area contributed by atoms with Gasteiger partial charge >= 0.3 is 0 Å². The zero-order valence-electron chi connectivity index (χ0n) is 5.25. The quantitative estimate of drug-likeness (QED) is 0.403. The van der Waals surface area contributed by atoms with Crippen LogP contribution in [0.3, 0.4) is 0 Å². The van der Waals surface area contributed by atoms with Crippen LogP contribution in [0.1, 0.15) is 0 Å². The van der Waals surface area contributed by atoms with Gasteiger partial charge in [0.15, 0.2) is 18.9 Å². The molecule has 1 heteroatoms. The molecule has 0 saturated carbocycles. The summed E-state index contributed by atoms with van der Waals surface area (Å²) in [5, 5.41) is 0. The number of pyridine rings is 1. The molecule has 0 unspecified atom stereocenters. The van der Waals surface area contributed by atoms with Gasteiger partial charge in [-0.05, 0) is 12.1 Å². The van der Waals surface area contributed by atoms with Crippen LogP contribution in [0.15, 0.2) is 37.2 Å². The minimum atomic E-state index is 0.858. The van der Waals surface area contributed by atoms with Crippen molar-refractivity contribution in [2.45, 2.75) is 6.54 Å². The van der Waals surface area contributed by atoms with Crippen LogP contribution in [0.5, 0.6) is 0 Å². The van der Waals surface area contributed by atoms with Crippen LogP contribution in [0, 0.1) is 6.07 Å². The van der Waals surface area contributed by atoms with Crippen molar-refractivity contribution in [2.24, 2.45) is 0 Å². The van der Waals surface area contributed by atoms with E-state index in [9.17, 15) is 0 Å². The Kier molecular flexibility index (Phi) is 2.02. The second kappa shape index (κ2) is 3.02. The van der Waals surface area contributed by atoms with Gasteiger partial charge in [-0.15, -0.1) is 0 Å². The summed E-state index contributed by atoms with van der Waals surface area (Å²) < 4.78 is 2.01. The van der Waals surface area contributed by atoms with Gasteiger partial charge in [-0.1, -0.05) is 6.58 Å². The molecule has 0 aliphatic rings. The van der Waals surface area contributed by atoms with Crippen molar-refractivity contribution in [1.82, 2.24) is 0 Å². The molecule has 0 aliphatic carbocycles. The van der Waals surface area contributed by atoms with Gasteiger partial charge in [0.05, 0.1) is 6.07 Å². The second-order valence-corrected chi connectivity index (χ2v) is 1.79. The molecule has 0 aliphatic heterocycles. The number of rotatable bonds is 2. The fraction of sp³-hybridized carbons (Fsp3) is 0.125. The van der Waals surface area contributed by atoms with E-state index in [1.807, 2.05) is 35.2 Å². The highest BCUT2D eigenvalue weighted by atomic mass is 14.9. The van der Waals surface area contributed by atoms with Crippen LogP contribution in [-0.2, 0) is 6.54 Å². The summed E-state index contributed by atoms with van der Waals surface area (Å²) in [4.78, 5) is 0. The van der Waals surface area contributed by atoms with Crippen LogP contribution in [0.25, 0.3) is 0 Å². The molecule has 0 N–H and O–H groups in total. The zero-order valence-corrected chi connectivity index (χ0v) is 5.25. The average Bonchev–Trinajstić information content (AvgIpc) is 1.91. The Morgan fingerprint density at radius 3 is 3.11 bits per heavy atom. The first-order chi connectivity index (χ1) is 4.43. The summed E-state index contributed by atoms with van der Waals surface area (Å²) in [7, 11) is 0. The lowest BCUT2D eigenvalue weighted by atomic mass is 10.5. The van der Waals surface area contributed by atoms with Crippen molar-refractivity contribution in [3.63, 3.8) is 0 Å². The summed E-state index contributed by atoms with van der Waals surface area (Å²) >= 11 is 0. The first-order valence-electron chi connectivity index (χ1n) is 2.89. The third-order valence-corrected chi connectivity index (χ3v) is 1.05. The van der Waals surface area contributed by atoms with Gasteiger partial charge in [0.25, 0.3) is 0 Å². The summed E-state index contributed by atoms with van der Waals surface area (Å²) in [6, 6.07) is 6.78. The largest absolute Gasteiger partial charge is 0.201 e. The maximum atomic E-state index is 3.62. The molecule has 0 amide bonds. The number of hydrogen-bond acceptors (Lipinski definition) is 0. The smallest absolute Gasteiger partial charge is 0.177 e. The molecule has 9 heavy (non-hydrogen) atoms. The lowest BCUT2D eigenvalue weighted by molar-refractivity contribution is -0.687. The van der Waals surface area contributed by atoms with E-state index in [1.54, 1.807) is 0 Å². The number of nitrogens with zero attached hydrogens (tertiary/aromatic N) is 1. The number of allylic oxidation sites excluding steroid dienone is 1. The van der Waals surface area contributed by atoms with Crippen molar-refractivity contribution in [3.05, 3.63) is 43.2 Å². The number of hydrogen-bond donors (Lipinski definition) is 0. The van der Waals surface area contributed by atoms with E-state index >= 15 is 0 Å². The van der Waals surface area contributed by atoms with E-state index in [0.29, 0.717) is 0 Å². The van der Waals surface area contributed by atoms with Crippen LogP contribution in [0.4, 0.5) is 0 Å². The van der Waals surface area contributed by atoms with Gasteiger partial charge in [-0.3, -0.25) is 0 Å². The minimum Gasteiger partial charge on any atom is -0.201 e. The summed E-state index contributed by atoms with van der Waals surface area (Å²) in [5.74, 6) is 0. The van der Waals surface area contributed by atoms with Gasteiger partial charge in [-0.2, -0.15) is 0 Å². The first-order valence-corrected chi connectivity index (χ1v) is 2.89. The molecule has 0 saturated heterocycles. The predicted octanol–water partition coefficient (Wildman–Crippen LogP) is 0.960. The van der Waals surface area contributed by atoms with Gasteiger partial charge in [0.1, 0.15) is 0 Å². The molecule has 0 atom stereocenters. The molecule has 1 aromatic heterocycles. The van der Waals surface area contributed by atoms with Crippen molar-refractivity contribution < 1.29 is 4.57 Å². The lowest BCUT2D eigenvalue weighted by Crippen LogP contribution is -2.30. The van der Waals surface area contributed by atoms with E-state index in [0.717, 1.165) is 6.54 Å². The van der Waals surface area contributed by atoms with Gasteiger partial charge in [0, 0.05) is 6.07 Å². The summed E-state index contributed by atoms with van der Waals surface area (Å²) in [6.45, 7) is 4.48. The summed E-state index contributed by atoms with van der Waals surface area (Å²) in [5.41, 5.74) is 0. The highest BCUT2D eigenvalue weighted by Gasteiger charge is 1.88. The molecule has 1 nitrogen and oxygen atoms in total. The summed E-state index contributed by atoms with van der Waals surface area (Å²) in [6.07, 6.45) is 5.73. The molecule has 0 spiro atoms. The van der Waals surface area contributed by atoms with Crippen molar-refractivity contribution in [1.29, 1.82) is 0 Å². The second-order valence-electron chi connectivity index (χ2n) is 1.79. The monoisotopic (exact) mass is 119 g/mol. The topological polar surface area (TPSA) is 3.88 Å². The maximum Gasteiger partial charge on any atom is 0.177 e. The van der Waals surface area contributed by atoms with E-state index in [1.165, 1.54) is 0 Å². The molecule has 0 fully saturated rings. The first kappa shape index (κ1) is 6.02. The van der Waals surface area contributed by atoms with Crippen molar-refractivity contribution in [2.75, 3.05) is 0 Å². The Balaban J connectivity index is 2.72. The van der Waals surface area contributed by atoms with Gasteiger partial charge in [-0.25, -0.2) is 4.57 Å². The minimum absolute atomic E-state index is 0.858. The average molecular weight is 119 g/mol. The predicted molar refractivity (Wildman–Crippen MR) is 35.7 cm³/mol. The zero-order chi connectivity index (χ0) is 6.53. The molecule has 1 heterocycles. The Morgan fingerprint density at radius 2 is 2.56 bits per heavy atom. The lowest BCUT2D eigenvalue weighted by Gasteiger charge is -1.85. The standard InChI is InChI=1S/C8H9N/c1-2-6-9-7-4-3-5-8-9/h2-4,7-8H,1,6H2/q+1. The number of aromatic nitrogens is 1. The van der Waals surface area contributed by atoms with Crippen molar-refractivity contribution >= 4 is 0 Å². The molecule has 1 radical (unpaired) electrons. The highest BCUT2D eigenvalue weighted by molar-refractivity contribution is 4.81. The third-order valence-electron chi connectivity index (χ3n) is 1.05. The Bertz CT molecular complexity index is 179. The fourth-order valence-electron chi connectivity index (χ4n) is 0.654. The molecule has 0 bridgehead atoms. The van der Waals surface area contributed by atoms with Crippen molar-refractivity contribution in [3.8, 4) is 0 Å². The van der Waals surface area contributed by atoms with Gasteiger partial charge in [0.2, 0.25) is 0 Å². The van der Waals surface area contributed by atoms with Crippen LogP contribution >= 0.6 is 0 Å². The Hall–Kier alpha value is -1.11. The molecular formula is C8H9N+. The van der Waals surface area contributed by atoms with E-state index in [4.69, 9.17) is 0 Å². The van der Waals surface area contributed by atoms with E-state index in [-0.39, 0.29) is 0 Å². The molecule has 1 aromatic rings. The molecular weight excluding hydrogens is 110 g/mol. The van der Waals surface area contributed by atoms with Gasteiger partial charge < -0.3 is 0 Å². The van der Waals surface area contributed by atoms with Crippen LogP contribution in [-0.4, -0.2) is 0 Å². The molecule has 0 aromatic carbocycles. The van der Waals surface area contributed by atoms with Crippen LogP contribution in [0.2, 0.25) is 0 Å². The fourth-order valence-corrected chi connectivity index (χ4v) is 0.654. The molecule has 45 valence electrons. The normalized spacial score (nSPS) is 8.89. The molecule has 1 rings (SSSR count). The Labute approximate surface area is 55.3 Å². The third kappa shape index (κ3) is 1.68. The Morgan fingerprint density at radius 1 is 1.67 bits per heavy atom. The van der Waals surface area contributed by atoms with Crippen LogP contribution < -0.4 is 4.57 Å². The maximum absolute atomic E-state index is 3.62. The highest BCUT2D eigenvalue weighted by Crippen LogP contribution is 1.74. The van der Waals surface area contributed by atoms with E-state index < -0.39 is 0 Å².